The van der Waals surface area contributed by atoms with Crippen molar-refractivity contribution in [1.82, 2.24) is 0 Å². The molecule has 2 aliphatic carbocycles. The van der Waals surface area contributed by atoms with Crippen LogP contribution in [0.25, 0.3) is 0 Å². The van der Waals surface area contributed by atoms with Gasteiger partial charge in [-0.05, 0) is 61.1 Å². The lowest BCUT2D eigenvalue weighted by molar-refractivity contribution is -0.124. The van der Waals surface area contributed by atoms with Crippen LogP contribution in [0.2, 0.25) is 10.0 Å². The Balaban J connectivity index is 1.69. The summed E-state index contributed by atoms with van der Waals surface area (Å²) >= 11 is 12.0. The number of Topliss-reactive ketones (excluding diaryl/α,β-unsaturated/α-hetero) is 1. The van der Waals surface area contributed by atoms with Crippen LogP contribution in [0.15, 0.2) is 48.5 Å². The van der Waals surface area contributed by atoms with Gasteiger partial charge in [-0.1, -0.05) is 47.5 Å². The van der Waals surface area contributed by atoms with E-state index in [9.17, 15) is 4.79 Å². The maximum atomic E-state index is 13.3. The van der Waals surface area contributed by atoms with E-state index in [1.165, 1.54) is 0 Å². The average molecular weight is 331 g/mol. The molecule has 112 valence electrons. The average Bonchev–Trinajstić information content (AvgIpc) is 3.42. The zero-order chi connectivity index (χ0) is 15.4. The van der Waals surface area contributed by atoms with Gasteiger partial charge >= 0.3 is 0 Å². The summed E-state index contributed by atoms with van der Waals surface area (Å²) in [6.45, 7) is 0. The number of carbonyl (C=O) groups excluding carboxylic acids is 1. The van der Waals surface area contributed by atoms with Gasteiger partial charge in [0, 0.05) is 10.0 Å². The number of carbonyl (C=O) groups is 1. The number of halogens is 2. The van der Waals surface area contributed by atoms with E-state index in [-0.39, 0.29) is 10.8 Å². The van der Waals surface area contributed by atoms with E-state index in [1.807, 2.05) is 48.5 Å². The fourth-order valence-electron chi connectivity index (χ4n) is 3.54. The quantitative estimate of drug-likeness (QED) is 0.740. The number of hydrogen-bond acceptors (Lipinski definition) is 1. The third-order valence-corrected chi connectivity index (χ3v) is 5.67. The van der Waals surface area contributed by atoms with Crippen molar-refractivity contribution in [1.29, 1.82) is 0 Å². The summed E-state index contributed by atoms with van der Waals surface area (Å²) in [5, 5.41) is 1.43. The van der Waals surface area contributed by atoms with Crippen LogP contribution in [0.4, 0.5) is 0 Å². The minimum absolute atomic E-state index is 0.291. The molecular weight excluding hydrogens is 315 g/mol. The van der Waals surface area contributed by atoms with E-state index in [4.69, 9.17) is 23.2 Å². The van der Waals surface area contributed by atoms with Crippen LogP contribution in [0.3, 0.4) is 0 Å². The van der Waals surface area contributed by atoms with E-state index in [2.05, 4.69) is 0 Å². The third-order valence-electron chi connectivity index (χ3n) is 5.16. The highest BCUT2D eigenvalue weighted by Gasteiger charge is 2.63. The van der Waals surface area contributed by atoms with Crippen LogP contribution in [0, 0.1) is 0 Å². The Bertz CT molecular complexity index is 660. The van der Waals surface area contributed by atoms with Gasteiger partial charge in [0.05, 0.1) is 10.8 Å². The van der Waals surface area contributed by atoms with Gasteiger partial charge in [-0.3, -0.25) is 4.79 Å². The molecule has 0 aliphatic heterocycles. The Morgan fingerprint density at radius 3 is 1.27 bits per heavy atom. The maximum Gasteiger partial charge on any atom is 0.153 e. The zero-order valence-corrected chi connectivity index (χ0v) is 13.6. The molecule has 22 heavy (non-hydrogen) atoms. The van der Waals surface area contributed by atoms with Gasteiger partial charge in [0.25, 0.3) is 0 Å². The second kappa shape index (κ2) is 4.84. The molecule has 0 saturated heterocycles. The molecule has 0 atom stereocenters. The van der Waals surface area contributed by atoms with E-state index in [1.54, 1.807) is 0 Å². The molecule has 0 spiro atoms. The molecule has 1 nitrogen and oxygen atoms in total. The lowest BCUT2D eigenvalue weighted by atomic mass is 9.79. The standard InChI is InChI=1S/C19H16Cl2O/c20-15-5-1-13(2-6-15)18(9-10-18)17(22)19(11-12-19)14-3-7-16(21)8-4-14/h1-8H,9-12H2. The maximum absolute atomic E-state index is 13.3. The van der Waals surface area contributed by atoms with Gasteiger partial charge in [-0.2, -0.15) is 0 Å². The van der Waals surface area contributed by atoms with Crippen molar-refractivity contribution >= 4 is 29.0 Å². The summed E-state index contributed by atoms with van der Waals surface area (Å²) < 4.78 is 0. The van der Waals surface area contributed by atoms with E-state index in [0.717, 1.165) is 36.8 Å². The summed E-state index contributed by atoms with van der Waals surface area (Å²) in [6.07, 6.45) is 3.79. The van der Waals surface area contributed by atoms with Crippen LogP contribution >= 0.6 is 23.2 Å². The molecule has 0 radical (unpaired) electrons. The summed E-state index contributed by atoms with van der Waals surface area (Å²) in [4.78, 5) is 13.3. The minimum atomic E-state index is -0.291. The largest absolute Gasteiger partial charge is 0.298 e. The van der Waals surface area contributed by atoms with Crippen LogP contribution in [-0.4, -0.2) is 5.78 Å². The van der Waals surface area contributed by atoms with E-state index < -0.39 is 0 Å². The van der Waals surface area contributed by atoms with Gasteiger partial charge in [0.1, 0.15) is 0 Å². The highest BCUT2D eigenvalue weighted by Crippen LogP contribution is 2.60. The Morgan fingerprint density at radius 1 is 0.682 bits per heavy atom. The van der Waals surface area contributed by atoms with E-state index in [0.29, 0.717) is 15.8 Å². The number of hydrogen-bond donors (Lipinski definition) is 0. The lowest BCUT2D eigenvalue weighted by Crippen LogP contribution is -2.32. The Morgan fingerprint density at radius 2 is 1.00 bits per heavy atom. The predicted octanol–water partition coefficient (Wildman–Crippen LogP) is 5.33. The van der Waals surface area contributed by atoms with Crippen LogP contribution in [0.5, 0.6) is 0 Å². The molecule has 0 amide bonds. The summed E-state index contributed by atoms with van der Waals surface area (Å²) in [6, 6.07) is 15.5. The molecule has 2 aromatic carbocycles. The van der Waals surface area contributed by atoms with Crippen LogP contribution in [-0.2, 0) is 15.6 Å². The second-order valence-corrected chi connectivity index (χ2v) is 7.38. The first-order chi connectivity index (χ1) is 10.6. The van der Waals surface area contributed by atoms with Crippen molar-refractivity contribution in [2.75, 3.05) is 0 Å². The highest BCUT2D eigenvalue weighted by molar-refractivity contribution is 6.30. The molecule has 2 saturated carbocycles. The molecule has 2 aromatic rings. The van der Waals surface area contributed by atoms with Gasteiger partial charge in [0.15, 0.2) is 5.78 Å². The number of ketones is 1. The second-order valence-electron chi connectivity index (χ2n) is 6.51. The summed E-state index contributed by atoms with van der Waals surface area (Å²) in [5.74, 6) is 0.379. The highest BCUT2D eigenvalue weighted by atomic mass is 35.5. The van der Waals surface area contributed by atoms with Gasteiger partial charge in [-0.15, -0.1) is 0 Å². The van der Waals surface area contributed by atoms with Crippen molar-refractivity contribution in [2.24, 2.45) is 0 Å². The fraction of sp³-hybridized carbons (Fsp3) is 0.316. The SMILES string of the molecule is O=C(C1(c2ccc(Cl)cc2)CC1)C1(c2ccc(Cl)cc2)CC1. The number of benzene rings is 2. The predicted molar refractivity (Wildman–Crippen MR) is 89.7 cm³/mol. The van der Waals surface area contributed by atoms with Crippen LogP contribution in [0.1, 0.15) is 36.8 Å². The summed E-state index contributed by atoms with van der Waals surface area (Å²) in [7, 11) is 0. The molecule has 2 fully saturated rings. The molecule has 0 N–H and O–H groups in total. The fourth-order valence-corrected chi connectivity index (χ4v) is 3.79. The number of rotatable bonds is 4. The normalized spacial score (nSPS) is 20.5. The lowest BCUT2D eigenvalue weighted by Gasteiger charge is -2.22. The Kier molecular flexibility index (Phi) is 3.15. The Hall–Kier alpha value is -1.31. The Labute approximate surface area is 140 Å². The first kappa shape index (κ1) is 14.3. The van der Waals surface area contributed by atoms with Crippen molar-refractivity contribution < 1.29 is 4.79 Å². The molecule has 3 heteroatoms. The van der Waals surface area contributed by atoms with Gasteiger partial charge in [-0.25, -0.2) is 0 Å². The molecular formula is C19H16Cl2O. The summed E-state index contributed by atoms with van der Waals surface area (Å²) in [5.41, 5.74) is 1.64. The monoisotopic (exact) mass is 330 g/mol. The van der Waals surface area contributed by atoms with Crippen molar-refractivity contribution in [2.45, 2.75) is 36.5 Å². The third kappa shape index (κ3) is 2.11. The first-order valence-corrected chi connectivity index (χ1v) is 8.39. The topological polar surface area (TPSA) is 17.1 Å². The van der Waals surface area contributed by atoms with Crippen molar-refractivity contribution in [3.63, 3.8) is 0 Å². The molecule has 0 bridgehead atoms. The molecule has 0 aromatic heterocycles. The molecule has 0 heterocycles. The smallest absolute Gasteiger partial charge is 0.153 e. The van der Waals surface area contributed by atoms with Gasteiger partial charge in [0.2, 0.25) is 0 Å². The zero-order valence-electron chi connectivity index (χ0n) is 12.1. The minimum Gasteiger partial charge on any atom is -0.298 e. The van der Waals surface area contributed by atoms with E-state index >= 15 is 0 Å². The first-order valence-electron chi connectivity index (χ1n) is 7.64. The van der Waals surface area contributed by atoms with Crippen LogP contribution < -0.4 is 0 Å². The molecule has 2 aliphatic rings. The van der Waals surface area contributed by atoms with Crippen molar-refractivity contribution in [3.05, 3.63) is 69.7 Å². The molecule has 4 rings (SSSR count). The molecule has 0 unspecified atom stereocenters. The van der Waals surface area contributed by atoms with Crippen molar-refractivity contribution in [3.8, 4) is 0 Å². The van der Waals surface area contributed by atoms with Gasteiger partial charge < -0.3 is 0 Å².